The SMILES string of the molecule is CCCc1[c-]cccc1.O=C([O-])CC(C(=O)[O-])S(=O)(=O)O.[K+].[K+].[K+]. The fourth-order valence-electron chi connectivity index (χ4n) is 1.32. The summed E-state index contributed by atoms with van der Waals surface area (Å²) in [6.45, 7) is 2.18. The molecule has 11 heteroatoms. The molecule has 0 bridgehead atoms. The fourth-order valence-corrected chi connectivity index (χ4v) is 1.91. The van der Waals surface area contributed by atoms with E-state index in [1.165, 1.54) is 12.0 Å². The third-order valence-corrected chi connectivity index (χ3v) is 3.35. The molecule has 24 heavy (non-hydrogen) atoms. The molecule has 0 amide bonds. The Morgan fingerprint density at radius 3 is 2.00 bits per heavy atom. The number of aliphatic carboxylic acids is 2. The zero-order valence-corrected chi connectivity index (χ0v) is 24.5. The van der Waals surface area contributed by atoms with Gasteiger partial charge < -0.3 is 19.8 Å². The van der Waals surface area contributed by atoms with Crippen molar-refractivity contribution in [3.8, 4) is 0 Å². The maximum Gasteiger partial charge on any atom is 1.00 e. The first-order valence-corrected chi connectivity index (χ1v) is 7.51. The molecule has 1 unspecified atom stereocenters. The van der Waals surface area contributed by atoms with E-state index in [9.17, 15) is 28.2 Å². The minimum Gasteiger partial charge on any atom is -0.550 e. The number of rotatable bonds is 6. The van der Waals surface area contributed by atoms with Crippen LogP contribution in [0.2, 0.25) is 0 Å². The van der Waals surface area contributed by atoms with Gasteiger partial charge in [-0.25, -0.2) is 0 Å². The molecule has 1 aromatic rings. The van der Waals surface area contributed by atoms with Crippen molar-refractivity contribution in [1.82, 2.24) is 0 Å². The third-order valence-electron chi connectivity index (χ3n) is 2.27. The number of carbonyl (C=O) groups is 2. The Bertz CT molecular complexity index is 564. The first-order valence-electron chi connectivity index (χ1n) is 6.01. The van der Waals surface area contributed by atoms with Crippen LogP contribution >= 0.6 is 0 Å². The standard InChI is InChI=1S/C9H11.C4H6O7S.3K/c1-2-6-9-7-4-3-5-8-9;5-3(6)1-2(4(7)8)12(9,10)11;;;/h3-5,7H,2,6H2,1H3;2H,1H2,(H,5,6)(H,7,8)(H,9,10,11);;;/q-1;;3*+1/p-2. The maximum absolute atomic E-state index is 10.2. The number of benzene rings is 1. The molecule has 7 nitrogen and oxygen atoms in total. The smallest absolute Gasteiger partial charge is 0.550 e. The van der Waals surface area contributed by atoms with E-state index in [4.69, 9.17) is 4.55 Å². The Hall–Kier alpha value is 2.98. The van der Waals surface area contributed by atoms with Gasteiger partial charge in [-0.15, -0.1) is 0 Å². The van der Waals surface area contributed by atoms with E-state index in [1.807, 2.05) is 12.1 Å². The van der Waals surface area contributed by atoms with Crippen molar-refractivity contribution in [3.05, 3.63) is 35.9 Å². The minimum absolute atomic E-state index is 0. The molecule has 0 heterocycles. The molecule has 118 valence electrons. The number of hydrogen-bond acceptors (Lipinski definition) is 6. The van der Waals surface area contributed by atoms with Crippen molar-refractivity contribution in [2.24, 2.45) is 0 Å². The van der Waals surface area contributed by atoms with Gasteiger partial charge in [0.05, 0.1) is 5.97 Å². The van der Waals surface area contributed by atoms with Gasteiger partial charge in [-0.1, -0.05) is 19.8 Å². The van der Waals surface area contributed by atoms with E-state index < -0.39 is 33.7 Å². The molecular formula is C13H15K3O7S. The number of hydrogen-bond donors (Lipinski definition) is 1. The van der Waals surface area contributed by atoms with Gasteiger partial charge in [0.1, 0.15) is 5.25 Å². The molecule has 0 aliphatic rings. The average Bonchev–Trinajstić information content (AvgIpc) is 2.36. The van der Waals surface area contributed by atoms with Gasteiger partial charge >= 0.3 is 154 Å². The normalized spacial score (nSPS) is 10.4. The quantitative estimate of drug-likeness (QED) is 0.268. The molecule has 0 aliphatic heterocycles. The van der Waals surface area contributed by atoms with Crippen LogP contribution in [0.25, 0.3) is 0 Å². The van der Waals surface area contributed by atoms with Crippen LogP contribution in [-0.2, 0) is 26.1 Å². The Morgan fingerprint density at radius 2 is 1.75 bits per heavy atom. The van der Waals surface area contributed by atoms with Gasteiger partial charge in [0.25, 0.3) is 10.1 Å². The summed E-state index contributed by atoms with van der Waals surface area (Å²) >= 11 is 0. The largest absolute Gasteiger partial charge is 1.00 e. The van der Waals surface area contributed by atoms with Crippen LogP contribution in [0.1, 0.15) is 25.3 Å². The summed E-state index contributed by atoms with van der Waals surface area (Å²) < 4.78 is 28.5. The van der Waals surface area contributed by atoms with Crippen molar-refractivity contribution in [2.75, 3.05) is 0 Å². The number of aryl methyl sites for hydroxylation is 1. The van der Waals surface area contributed by atoms with Crippen LogP contribution in [-0.4, -0.2) is 30.2 Å². The second-order valence-electron chi connectivity index (χ2n) is 4.04. The van der Waals surface area contributed by atoms with E-state index in [-0.39, 0.29) is 154 Å². The molecule has 0 aliphatic carbocycles. The van der Waals surface area contributed by atoms with Crippen molar-refractivity contribution in [3.63, 3.8) is 0 Å². The molecule has 1 rings (SSSR count). The Balaban J connectivity index is -0.000000152. The number of carboxylic acid groups (broad SMARTS) is 2. The Kier molecular flexibility index (Phi) is 27.7. The van der Waals surface area contributed by atoms with Crippen molar-refractivity contribution < 1.29 is 187 Å². The molecule has 0 saturated carbocycles. The Labute approximate surface area is 269 Å². The van der Waals surface area contributed by atoms with Gasteiger partial charge in [-0.2, -0.15) is 44.3 Å². The number of carbonyl (C=O) groups excluding carboxylic acids is 2. The summed E-state index contributed by atoms with van der Waals surface area (Å²) in [5, 5.41) is 17.3. The molecule has 0 spiro atoms. The van der Waals surface area contributed by atoms with E-state index in [1.54, 1.807) is 0 Å². The summed E-state index contributed by atoms with van der Waals surface area (Å²) in [7, 11) is -4.94. The number of carboxylic acids is 2. The van der Waals surface area contributed by atoms with Gasteiger partial charge in [-0.05, 0) is 0 Å². The molecule has 1 aromatic carbocycles. The zero-order valence-electron chi connectivity index (χ0n) is 14.3. The Morgan fingerprint density at radius 1 is 1.21 bits per heavy atom. The van der Waals surface area contributed by atoms with E-state index >= 15 is 0 Å². The molecule has 0 saturated heterocycles. The van der Waals surface area contributed by atoms with Crippen molar-refractivity contribution >= 4 is 22.1 Å². The van der Waals surface area contributed by atoms with Crippen LogP contribution in [0.3, 0.4) is 0 Å². The van der Waals surface area contributed by atoms with Crippen LogP contribution in [0.15, 0.2) is 24.3 Å². The van der Waals surface area contributed by atoms with E-state index in [0.29, 0.717) is 0 Å². The van der Waals surface area contributed by atoms with Crippen molar-refractivity contribution in [2.45, 2.75) is 31.4 Å². The van der Waals surface area contributed by atoms with Gasteiger partial charge in [-0.3, -0.25) is 4.55 Å². The van der Waals surface area contributed by atoms with Crippen LogP contribution in [0, 0.1) is 6.07 Å². The van der Waals surface area contributed by atoms with Gasteiger partial charge in [0.2, 0.25) is 0 Å². The zero-order chi connectivity index (χ0) is 16.5. The minimum atomic E-state index is -4.94. The van der Waals surface area contributed by atoms with Crippen LogP contribution in [0.4, 0.5) is 0 Å². The molecule has 1 atom stereocenters. The van der Waals surface area contributed by atoms with Gasteiger partial charge in [0.15, 0.2) is 0 Å². The molecule has 0 fully saturated rings. The van der Waals surface area contributed by atoms with Gasteiger partial charge in [0, 0.05) is 12.4 Å². The third kappa shape index (κ3) is 18.3. The topological polar surface area (TPSA) is 135 Å². The summed E-state index contributed by atoms with van der Waals surface area (Å²) in [6.07, 6.45) is 1.03. The molecule has 1 N–H and O–H groups in total. The van der Waals surface area contributed by atoms with Crippen LogP contribution < -0.4 is 164 Å². The summed E-state index contributed by atoms with van der Waals surface area (Å²) in [5.74, 6) is -4.08. The van der Waals surface area contributed by atoms with E-state index in [0.717, 1.165) is 6.42 Å². The molecule has 0 aromatic heterocycles. The maximum atomic E-state index is 10.2. The first-order chi connectivity index (χ1) is 9.68. The predicted molar refractivity (Wildman–Crippen MR) is 69.2 cm³/mol. The van der Waals surface area contributed by atoms with Crippen molar-refractivity contribution in [1.29, 1.82) is 0 Å². The summed E-state index contributed by atoms with van der Waals surface area (Å²) in [4.78, 5) is 19.7. The molecule has 0 radical (unpaired) electrons. The first kappa shape index (κ1) is 34.5. The second kappa shape index (κ2) is 19.3. The predicted octanol–water partition coefficient (Wildman–Crippen LogP) is -10.4. The summed E-state index contributed by atoms with van der Waals surface area (Å²) in [5.41, 5.74) is 1.32. The monoisotopic (exact) mass is 432 g/mol. The fraction of sp³-hybridized carbons (Fsp3) is 0.385. The second-order valence-corrected chi connectivity index (χ2v) is 5.64. The average molecular weight is 433 g/mol. The van der Waals surface area contributed by atoms with E-state index in [2.05, 4.69) is 25.1 Å². The molecular weight excluding hydrogens is 417 g/mol. The summed E-state index contributed by atoms with van der Waals surface area (Å²) in [6, 6.07) is 11.3. The van der Waals surface area contributed by atoms with Crippen LogP contribution in [0.5, 0.6) is 0 Å².